The van der Waals surface area contributed by atoms with Gasteiger partial charge in [-0.25, -0.2) is 0 Å². The maximum Gasteiger partial charge on any atom is -0.0132 e. The van der Waals surface area contributed by atoms with E-state index in [-0.39, 0.29) is 5.41 Å². The fraction of sp³-hybridized carbons (Fsp3) is 0.600. The van der Waals surface area contributed by atoms with Gasteiger partial charge in [-0.15, -0.1) is 0 Å². The fourth-order valence-corrected chi connectivity index (χ4v) is 2.42. The minimum Gasteiger partial charge on any atom is -0.0683 e. The molecule has 0 nitrogen and oxygen atoms in total. The molecule has 0 saturated heterocycles. The van der Waals surface area contributed by atoms with Crippen molar-refractivity contribution < 1.29 is 0 Å². The molecule has 2 aromatic rings. The Balaban J connectivity index is -0.000000381. The fourth-order valence-electron chi connectivity index (χ4n) is 2.42. The van der Waals surface area contributed by atoms with Crippen molar-refractivity contribution >= 4 is 0 Å². The first kappa shape index (κ1) is 33.1. The van der Waals surface area contributed by atoms with Gasteiger partial charge in [-0.05, 0) is 66.8 Å². The van der Waals surface area contributed by atoms with Crippen LogP contribution in [0.2, 0.25) is 0 Å². The van der Waals surface area contributed by atoms with Crippen LogP contribution in [0.5, 0.6) is 0 Å². The second-order valence-corrected chi connectivity index (χ2v) is 8.76. The van der Waals surface area contributed by atoms with Crippen LogP contribution in [0, 0.1) is 27.7 Å². The average Bonchev–Trinajstić information content (AvgIpc) is 2.69. The quantitative estimate of drug-likeness (QED) is 0.435. The van der Waals surface area contributed by atoms with Crippen LogP contribution in [0.25, 0.3) is 0 Å². The largest absolute Gasteiger partial charge is 0.0683 e. The molecule has 0 heterocycles. The Bertz CT molecular complexity index is 614. The Morgan fingerprint density at radius 1 is 0.700 bits per heavy atom. The number of rotatable bonds is 1. The van der Waals surface area contributed by atoms with Gasteiger partial charge >= 0.3 is 0 Å². The number of hydrogen-bond donors (Lipinski definition) is 0. The van der Waals surface area contributed by atoms with Crippen LogP contribution < -0.4 is 0 Å². The summed E-state index contributed by atoms with van der Waals surface area (Å²) in [5.41, 5.74) is 8.70. The van der Waals surface area contributed by atoms with Gasteiger partial charge in [-0.2, -0.15) is 0 Å². The van der Waals surface area contributed by atoms with Crippen molar-refractivity contribution in [2.75, 3.05) is 0 Å². The van der Waals surface area contributed by atoms with E-state index in [0.29, 0.717) is 5.92 Å². The monoisotopic (exact) mass is 414 g/mol. The summed E-state index contributed by atoms with van der Waals surface area (Å²) in [5.74, 6) is 0.653. The van der Waals surface area contributed by atoms with Gasteiger partial charge in [0.05, 0.1) is 0 Å². The maximum atomic E-state index is 2.31. The van der Waals surface area contributed by atoms with Crippen molar-refractivity contribution in [2.24, 2.45) is 0 Å². The molecule has 2 rings (SSSR count). The summed E-state index contributed by atoms with van der Waals surface area (Å²) >= 11 is 0. The van der Waals surface area contributed by atoms with Gasteiger partial charge in [0.25, 0.3) is 0 Å². The molecule has 0 saturated carbocycles. The smallest absolute Gasteiger partial charge is 0.0132 e. The van der Waals surface area contributed by atoms with Crippen LogP contribution >= 0.6 is 0 Å². The Morgan fingerprint density at radius 3 is 1.30 bits per heavy atom. The highest BCUT2D eigenvalue weighted by Gasteiger charge is 2.14. The normalized spacial score (nSPS) is 9.60. The third kappa shape index (κ3) is 14.4. The standard InChI is InChI=1S/C13H20.C10H14.C3H8.2C2H6/c1-9-7-12(13(4,5)6)8-10(2)11(9)3;1-8(2)10-6-4-9(3)5-7-10;1-3-2;2*1-2/h7-8H,1-6H3;4-8H,1-3H3;3H2,1-2H3;2*1-2H3. The molecule has 0 N–H and O–H groups in total. The summed E-state index contributed by atoms with van der Waals surface area (Å²) in [7, 11) is 0. The molecule has 0 heteroatoms. The first-order chi connectivity index (χ1) is 13.9. The summed E-state index contributed by atoms with van der Waals surface area (Å²) < 4.78 is 0. The van der Waals surface area contributed by atoms with Crippen LogP contribution in [-0.2, 0) is 5.41 Å². The zero-order chi connectivity index (χ0) is 24.5. The minimum atomic E-state index is 0.267. The van der Waals surface area contributed by atoms with Crippen LogP contribution in [0.3, 0.4) is 0 Å². The first-order valence-electron chi connectivity index (χ1n) is 12.1. The van der Waals surface area contributed by atoms with E-state index in [1.165, 1.54) is 39.8 Å². The maximum absolute atomic E-state index is 2.31. The Morgan fingerprint density at radius 2 is 1.03 bits per heavy atom. The number of hydrogen-bond acceptors (Lipinski definition) is 0. The van der Waals surface area contributed by atoms with Gasteiger partial charge in [-0.3, -0.25) is 0 Å². The molecule has 0 radical (unpaired) electrons. The molecule has 174 valence electrons. The molecular formula is C30H54. The third-order valence-electron chi connectivity index (χ3n) is 4.54. The van der Waals surface area contributed by atoms with Crippen LogP contribution in [-0.4, -0.2) is 0 Å². The van der Waals surface area contributed by atoms with Gasteiger partial charge in [0.1, 0.15) is 0 Å². The van der Waals surface area contributed by atoms with E-state index in [1.807, 2.05) is 27.7 Å². The van der Waals surface area contributed by atoms with Crippen molar-refractivity contribution in [3.8, 4) is 0 Å². The van der Waals surface area contributed by atoms with Crippen molar-refractivity contribution in [3.05, 3.63) is 69.8 Å². The second kappa shape index (κ2) is 18.2. The molecule has 0 aliphatic carbocycles. The molecule has 0 aliphatic heterocycles. The van der Waals surface area contributed by atoms with E-state index < -0.39 is 0 Å². The van der Waals surface area contributed by atoms with Crippen molar-refractivity contribution in [2.45, 2.75) is 122 Å². The zero-order valence-corrected chi connectivity index (χ0v) is 23.2. The molecule has 0 unspecified atom stereocenters. The Labute approximate surface area is 191 Å². The summed E-state index contributed by atoms with van der Waals surface area (Å²) in [4.78, 5) is 0. The van der Waals surface area contributed by atoms with Crippen LogP contribution in [0.4, 0.5) is 0 Å². The van der Waals surface area contributed by atoms with E-state index in [9.17, 15) is 0 Å². The molecule has 0 spiro atoms. The van der Waals surface area contributed by atoms with Gasteiger partial charge in [0.15, 0.2) is 0 Å². The van der Waals surface area contributed by atoms with E-state index in [4.69, 9.17) is 0 Å². The molecule has 0 fully saturated rings. The predicted molar refractivity (Wildman–Crippen MR) is 143 cm³/mol. The summed E-state index contributed by atoms with van der Waals surface area (Å²) in [6, 6.07) is 13.3. The average molecular weight is 415 g/mol. The third-order valence-corrected chi connectivity index (χ3v) is 4.54. The van der Waals surface area contributed by atoms with Gasteiger partial charge in [-0.1, -0.05) is 125 Å². The second-order valence-electron chi connectivity index (χ2n) is 8.76. The van der Waals surface area contributed by atoms with Gasteiger partial charge in [0, 0.05) is 0 Å². The molecule has 0 amide bonds. The molecule has 0 atom stereocenters. The van der Waals surface area contributed by atoms with Gasteiger partial charge in [0.2, 0.25) is 0 Å². The minimum absolute atomic E-state index is 0.267. The molecule has 30 heavy (non-hydrogen) atoms. The van der Waals surface area contributed by atoms with E-state index in [2.05, 4.69) is 113 Å². The summed E-state index contributed by atoms with van der Waals surface area (Å²) in [5, 5.41) is 0. The van der Waals surface area contributed by atoms with E-state index >= 15 is 0 Å². The molecule has 0 aromatic heterocycles. The van der Waals surface area contributed by atoms with Crippen LogP contribution in [0.1, 0.15) is 122 Å². The topological polar surface area (TPSA) is 0 Å². The molecular weight excluding hydrogens is 360 g/mol. The molecule has 0 aliphatic rings. The zero-order valence-electron chi connectivity index (χ0n) is 23.2. The summed E-state index contributed by atoms with van der Waals surface area (Å²) in [6.07, 6.45) is 1.25. The van der Waals surface area contributed by atoms with E-state index in [1.54, 1.807) is 0 Å². The lowest BCUT2D eigenvalue weighted by Crippen LogP contribution is -2.12. The first-order valence-corrected chi connectivity index (χ1v) is 12.1. The highest BCUT2D eigenvalue weighted by molar-refractivity contribution is 5.39. The lowest BCUT2D eigenvalue weighted by Gasteiger charge is -2.21. The highest BCUT2D eigenvalue weighted by Crippen LogP contribution is 2.26. The SMILES string of the molecule is CC.CC.CCC.Cc1cc(C(C)(C)C)cc(C)c1C.Cc1ccc(C(C)C)cc1. The number of aryl methyl sites for hydroxylation is 3. The lowest BCUT2D eigenvalue weighted by atomic mass is 9.84. The Hall–Kier alpha value is -1.56. The van der Waals surface area contributed by atoms with Gasteiger partial charge < -0.3 is 0 Å². The van der Waals surface area contributed by atoms with Crippen molar-refractivity contribution in [1.29, 1.82) is 0 Å². The van der Waals surface area contributed by atoms with Crippen molar-refractivity contribution in [1.82, 2.24) is 0 Å². The van der Waals surface area contributed by atoms with Crippen molar-refractivity contribution in [3.63, 3.8) is 0 Å². The Kier molecular flexibility index (Phi) is 20.1. The highest BCUT2D eigenvalue weighted by atomic mass is 14.2. The van der Waals surface area contributed by atoms with E-state index in [0.717, 1.165) is 0 Å². The summed E-state index contributed by atoms with van der Waals surface area (Å²) in [6.45, 7) is 32.1. The number of benzene rings is 2. The molecule has 0 bridgehead atoms. The lowest BCUT2D eigenvalue weighted by molar-refractivity contribution is 0.589. The predicted octanol–water partition coefficient (Wildman–Crippen LogP) is 10.5. The molecule has 2 aromatic carbocycles. The van der Waals surface area contributed by atoms with Crippen LogP contribution in [0.15, 0.2) is 36.4 Å².